The first-order valence-electron chi connectivity index (χ1n) is 8.56. The van der Waals surface area contributed by atoms with Gasteiger partial charge in [-0.2, -0.15) is 4.39 Å². The van der Waals surface area contributed by atoms with Crippen LogP contribution in [0.4, 0.5) is 17.6 Å². The summed E-state index contributed by atoms with van der Waals surface area (Å²) in [6, 6.07) is 12.5. The highest BCUT2D eigenvalue weighted by Gasteiger charge is 2.14. The van der Waals surface area contributed by atoms with Crippen molar-refractivity contribution in [1.82, 2.24) is 0 Å². The summed E-state index contributed by atoms with van der Waals surface area (Å²) in [7, 11) is 0. The van der Waals surface area contributed by atoms with Crippen LogP contribution in [0.3, 0.4) is 0 Å². The number of ether oxygens (including phenoxy) is 1. The number of hydrogen-bond donors (Lipinski definition) is 0. The molecule has 140 valence electrons. The fourth-order valence-corrected chi connectivity index (χ4v) is 2.77. The summed E-state index contributed by atoms with van der Waals surface area (Å²) >= 11 is 0. The third kappa shape index (κ3) is 3.82. The molecule has 0 spiro atoms. The van der Waals surface area contributed by atoms with Gasteiger partial charge >= 0.3 is 0 Å². The topological polar surface area (TPSA) is 9.23 Å². The molecule has 0 bridgehead atoms. The summed E-state index contributed by atoms with van der Waals surface area (Å²) in [4.78, 5) is 0. The molecule has 0 aliphatic rings. The standard InChI is InChI=1S/C22H18F4O/c1-3-15-9-10-17(21(25)20(15)24)16-7-5-14(6-8-16)12-27-18-11-4-13(2)19(23)22(18)26/h4-11H,3,12H2,1-2H3. The largest absolute Gasteiger partial charge is 0.486 e. The molecule has 1 nitrogen and oxygen atoms in total. The highest BCUT2D eigenvalue weighted by atomic mass is 19.2. The maximum absolute atomic E-state index is 14.2. The van der Waals surface area contributed by atoms with Crippen LogP contribution >= 0.6 is 0 Å². The lowest BCUT2D eigenvalue weighted by atomic mass is 10.0. The molecule has 27 heavy (non-hydrogen) atoms. The van der Waals surface area contributed by atoms with Gasteiger partial charge in [0.1, 0.15) is 6.61 Å². The molecule has 0 aromatic heterocycles. The molecule has 0 radical (unpaired) electrons. The Morgan fingerprint density at radius 2 is 1.44 bits per heavy atom. The van der Waals surface area contributed by atoms with E-state index in [0.29, 0.717) is 23.1 Å². The molecule has 0 aliphatic carbocycles. The van der Waals surface area contributed by atoms with E-state index in [4.69, 9.17) is 4.74 Å². The first-order valence-corrected chi connectivity index (χ1v) is 8.56. The molecule has 0 atom stereocenters. The van der Waals surface area contributed by atoms with E-state index in [0.717, 1.165) is 0 Å². The molecule has 0 saturated carbocycles. The van der Waals surface area contributed by atoms with E-state index in [1.165, 1.54) is 19.1 Å². The molecular weight excluding hydrogens is 356 g/mol. The predicted octanol–water partition coefficient (Wildman–Crippen LogP) is 6.36. The van der Waals surface area contributed by atoms with Gasteiger partial charge in [-0.25, -0.2) is 13.2 Å². The molecule has 0 fully saturated rings. The van der Waals surface area contributed by atoms with Crippen molar-refractivity contribution in [2.75, 3.05) is 0 Å². The zero-order chi connectivity index (χ0) is 19.6. The van der Waals surface area contributed by atoms with Crippen LogP contribution in [0.15, 0.2) is 48.5 Å². The molecule has 0 heterocycles. The molecule has 5 heteroatoms. The van der Waals surface area contributed by atoms with Gasteiger partial charge in [0.15, 0.2) is 23.2 Å². The quantitative estimate of drug-likeness (QED) is 0.472. The van der Waals surface area contributed by atoms with E-state index >= 15 is 0 Å². The third-order valence-electron chi connectivity index (χ3n) is 4.44. The predicted molar refractivity (Wildman–Crippen MR) is 96.6 cm³/mol. The minimum atomic E-state index is -1.03. The average molecular weight is 374 g/mol. The Morgan fingerprint density at radius 1 is 0.741 bits per heavy atom. The molecule has 3 aromatic rings. The van der Waals surface area contributed by atoms with Crippen molar-refractivity contribution in [3.63, 3.8) is 0 Å². The summed E-state index contributed by atoms with van der Waals surface area (Å²) in [5.41, 5.74) is 1.90. The SMILES string of the molecule is CCc1ccc(-c2ccc(COc3ccc(C)c(F)c3F)cc2)c(F)c1F. The van der Waals surface area contributed by atoms with Crippen LogP contribution < -0.4 is 4.74 Å². The maximum Gasteiger partial charge on any atom is 0.200 e. The van der Waals surface area contributed by atoms with Crippen molar-refractivity contribution in [3.8, 4) is 16.9 Å². The van der Waals surface area contributed by atoms with Crippen LogP contribution in [-0.4, -0.2) is 0 Å². The summed E-state index contributed by atoms with van der Waals surface area (Å²) in [6.45, 7) is 3.25. The number of halogens is 4. The molecule has 0 unspecified atom stereocenters. The van der Waals surface area contributed by atoms with Crippen molar-refractivity contribution in [3.05, 3.63) is 88.5 Å². The normalized spacial score (nSPS) is 10.9. The van der Waals surface area contributed by atoms with Crippen molar-refractivity contribution >= 4 is 0 Å². The number of rotatable bonds is 5. The van der Waals surface area contributed by atoms with Crippen molar-refractivity contribution in [2.45, 2.75) is 26.9 Å². The summed E-state index contributed by atoms with van der Waals surface area (Å²) in [5.74, 6) is -3.85. The lowest BCUT2D eigenvalue weighted by molar-refractivity contribution is 0.284. The Morgan fingerprint density at radius 3 is 2.11 bits per heavy atom. The Labute approximate surface area is 155 Å². The second-order valence-electron chi connectivity index (χ2n) is 6.25. The molecule has 0 aliphatic heterocycles. The van der Waals surface area contributed by atoms with E-state index in [1.807, 2.05) is 0 Å². The summed E-state index contributed by atoms with van der Waals surface area (Å²) < 4.78 is 60.9. The van der Waals surface area contributed by atoms with E-state index in [-0.39, 0.29) is 23.5 Å². The van der Waals surface area contributed by atoms with Crippen molar-refractivity contribution in [1.29, 1.82) is 0 Å². The smallest absolute Gasteiger partial charge is 0.200 e. The zero-order valence-corrected chi connectivity index (χ0v) is 15.0. The van der Waals surface area contributed by atoms with Crippen LogP contribution in [0.5, 0.6) is 5.75 Å². The molecule has 3 rings (SSSR count). The van der Waals surface area contributed by atoms with E-state index in [2.05, 4.69) is 0 Å². The zero-order valence-electron chi connectivity index (χ0n) is 15.0. The minimum Gasteiger partial charge on any atom is -0.486 e. The molecule has 0 amide bonds. The second kappa shape index (κ2) is 7.82. The number of aryl methyl sites for hydroxylation is 2. The fraction of sp³-hybridized carbons (Fsp3) is 0.182. The molecular formula is C22H18F4O. The first-order chi connectivity index (χ1) is 12.9. The highest BCUT2D eigenvalue weighted by Crippen LogP contribution is 2.28. The Balaban J connectivity index is 1.77. The number of hydrogen-bond acceptors (Lipinski definition) is 1. The summed E-state index contributed by atoms with van der Waals surface area (Å²) in [5, 5.41) is 0. The molecule has 3 aromatic carbocycles. The monoisotopic (exact) mass is 374 g/mol. The van der Waals surface area contributed by atoms with Crippen LogP contribution in [0.1, 0.15) is 23.6 Å². The lowest BCUT2D eigenvalue weighted by Gasteiger charge is -2.10. The van der Waals surface area contributed by atoms with Gasteiger partial charge in [-0.15, -0.1) is 0 Å². The van der Waals surface area contributed by atoms with Gasteiger partial charge in [-0.3, -0.25) is 0 Å². The van der Waals surface area contributed by atoms with Crippen LogP contribution in [0, 0.1) is 30.2 Å². The van der Waals surface area contributed by atoms with E-state index < -0.39 is 23.3 Å². The first kappa shape index (κ1) is 19.0. The van der Waals surface area contributed by atoms with Gasteiger partial charge in [-0.05, 0) is 41.7 Å². The van der Waals surface area contributed by atoms with E-state index in [1.54, 1.807) is 43.3 Å². The molecule has 0 saturated heterocycles. The fourth-order valence-electron chi connectivity index (χ4n) is 2.77. The van der Waals surface area contributed by atoms with Crippen LogP contribution in [0.2, 0.25) is 0 Å². The van der Waals surface area contributed by atoms with Gasteiger partial charge < -0.3 is 4.74 Å². The Hall–Kier alpha value is -2.82. The Kier molecular flexibility index (Phi) is 5.49. The van der Waals surface area contributed by atoms with Gasteiger partial charge in [0.2, 0.25) is 5.82 Å². The van der Waals surface area contributed by atoms with Gasteiger partial charge in [0.05, 0.1) is 0 Å². The van der Waals surface area contributed by atoms with Gasteiger partial charge in [0, 0.05) is 5.56 Å². The lowest BCUT2D eigenvalue weighted by Crippen LogP contribution is -2.00. The minimum absolute atomic E-state index is 0.0192. The van der Waals surface area contributed by atoms with Crippen LogP contribution in [0.25, 0.3) is 11.1 Å². The van der Waals surface area contributed by atoms with Crippen LogP contribution in [-0.2, 0) is 13.0 Å². The molecule has 0 N–H and O–H groups in total. The third-order valence-corrected chi connectivity index (χ3v) is 4.44. The van der Waals surface area contributed by atoms with E-state index in [9.17, 15) is 17.6 Å². The van der Waals surface area contributed by atoms with Gasteiger partial charge in [-0.1, -0.05) is 49.4 Å². The maximum atomic E-state index is 14.2. The van der Waals surface area contributed by atoms with Gasteiger partial charge in [0.25, 0.3) is 0 Å². The highest BCUT2D eigenvalue weighted by molar-refractivity contribution is 5.65. The second-order valence-corrected chi connectivity index (χ2v) is 6.25. The Bertz CT molecular complexity index is 965. The number of benzene rings is 3. The van der Waals surface area contributed by atoms with Crippen molar-refractivity contribution < 1.29 is 22.3 Å². The summed E-state index contributed by atoms with van der Waals surface area (Å²) in [6.07, 6.45) is 0.412. The average Bonchev–Trinajstić information content (AvgIpc) is 2.68. The van der Waals surface area contributed by atoms with Crippen molar-refractivity contribution in [2.24, 2.45) is 0 Å².